The van der Waals surface area contributed by atoms with Crippen LogP contribution in [-0.2, 0) is 24.6 Å². The van der Waals surface area contributed by atoms with Crippen molar-refractivity contribution in [2.75, 3.05) is 13.2 Å². The summed E-state index contributed by atoms with van der Waals surface area (Å²) in [4.78, 5) is 20.2. The van der Waals surface area contributed by atoms with E-state index in [9.17, 15) is 4.79 Å². The molecular weight excluding hydrogens is 360 g/mol. The first-order valence-electron chi connectivity index (χ1n) is 11.6. The zero-order chi connectivity index (χ0) is 20.5. The molecule has 0 amide bonds. The third-order valence-electron chi connectivity index (χ3n) is 4.73. The molecule has 0 saturated heterocycles. The fourth-order valence-electron chi connectivity index (χ4n) is 2.98. The average molecular weight is 405 g/mol. The molecule has 0 atom stereocenters. The van der Waals surface area contributed by atoms with E-state index in [1.165, 1.54) is 70.6 Å². The maximum absolute atomic E-state index is 11.1. The van der Waals surface area contributed by atoms with Crippen molar-refractivity contribution in [2.45, 2.75) is 123 Å². The maximum Gasteiger partial charge on any atom is 0.542 e. The lowest BCUT2D eigenvalue weighted by atomic mass is 10.0. The topological polar surface area (TPSA) is 63.2 Å². The van der Waals surface area contributed by atoms with E-state index in [0.29, 0.717) is 13.2 Å². The van der Waals surface area contributed by atoms with E-state index in [0.717, 1.165) is 38.5 Å². The summed E-state index contributed by atoms with van der Waals surface area (Å²) >= 11 is 0. The SMILES string of the molecule is CCCCCCCCCCCCCCCOOOOC(=O)OCCCCCC. The Hall–Kier alpha value is -0.850. The van der Waals surface area contributed by atoms with Crippen LogP contribution < -0.4 is 0 Å². The Bertz CT molecular complexity index is 311. The van der Waals surface area contributed by atoms with Gasteiger partial charge in [0.2, 0.25) is 0 Å². The van der Waals surface area contributed by atoms with Gasteiger partial charge >= 0.3 is 6.16 Å². The second-order valence-corrected chi connectivity index (χ2v) is 7.44. The molecule has 0 spiro atoms. The molecule has 0 aliphatic heterocycles. The zero-order valence-corrected chi connectivity index (χ0v) is 18.4. The number of carbonyl (C=O) groups excluding carboxylic acids is 1. The molecule has 0 aromatic rings. The number of hydrogen-bond acceptors (Lipinski definition) is 6. The Morgan fingerprint density at radius 3 is 1.50 bits per heavy atom. The molecule has 0 aliphatic carbocycles. The normalized spacial score (nSPS) is 10.9. The first kappa shape index (κ1) is 27.1. The Balaban J connectivity index is 3.09. The molecule has 0 unspecified atom stereocenters. The van der Waals surface area contributed by atoms with Crippen LogP contribution in [0.5, 0.6) is 0 Å². The Morgan fingerprint density at radius 2 is 0.964 bits per heavy atom. The van der Waals surface area contributed by atoms with Gasteiger partial charge in [0.05, 0.1) is 13.2 Å². The summed E-state index contributed by atoms with van der Waals surface area (Å²) in [7, 11) is 0. The molecule has 0 aromatic heterocycles. The monoisotopic (exact) mass is 404 g/mol. The van der Waals surface area contributed by atoms with Crippen molar-refractivity contribution in [3.8, 4) is 0 Å². The van der Waals surface area contributed by atoms with Gasteiger partial charge < -0.3 is 4.74 Å². The van der Waals surface area contributed by atoms with Crippen LogP contribution in [0.1, 0.15) is 123 Å². The third-order valence-corrected chi connectivity index (χ3v) is 4.73. The molecule has 0 radical (unpaired) electrons. The molecule has 0 saturated carbocycles. The van der Waals surface area contributed by atoms with E-state index >= 15 is 0 Å². The van der Waals surface area contributed by atoms with E-state index in [-0.39, 0.29) is 0 Å². The first-order valence-corrected chi connectivity index (χ1v) is 11.6. The van der Waals surface area contributed by atoms with Crippen LogP contribution in [-0.4, -0.2) is 19.4 Å². The Morgan fingerprint density at radius 1 is 0.536 bits per heavy atom. The summed E-state index contributed by atoms with van der Waals surface area (Å²) < 4.78 is 4.80. The van der Waals surface area contributed by atoms with E-state index in [4.69, 9.17) is 9.62 Å². The summed E-state index contributed by atoms with van der Waals surface area (Å²) in [5.41, 5.74) is 0. The molecular formula is C22H44O6. The Kier molecular flexibility index (Phi) is 23.5. The summed E-state index contributed by atoms with van der Waals surface area (Å²) in [6.07, 6.45) is 20.1. The molecule has 0 rings (SSSR count). The van der Waals surface area contributed by atoms with E-state index in [1.807, 2.05) is 0 Å². The lowest BCUT2D eigenvalue weighted by molar-refractivity contribution is -0.618. The summed E-state index contributed by atoms with van der Waals surface area (Å²) in [5.74, 6) is 0. The molecule has 0 aliphatic rings. The number of carbonyl (C=O) groups is 1. The number of rotatable bonds is 22. The number of hydrogen-bond donors (Lipinski definition) is 0. The molecule has 0 fully saturated rings. The number of unbranched alkanes of at least 4 members (excludes halogenated alkanes) is 15. The predicted molar refractivity (Wildman–Crippen MR) is 110 cm³/mol. The second-order valence-electron chi connectivity index (χ2n) is 7.44. The largest absolute Gasteiger partial charge is 0.542 e. The molecule has 0 aromatic carbocycles. The predicted octanol–water partition coefficient (Wildman–Crippen LogP) is 7.61. The smallest absolute Gasteiger partial charge is 0.432 e. The zero-order valence-electron chi connectivity index (χ0n) is 18.4. The fourth-order valence-corrected chi connectivity index (χ4v) is 2.98. The lowest BCUT2D eigenvalue weighted by Crippen LogP contribution is -2.10. The molecule has 6 heteroatoms. The Labute approximate surface area is 172 Å². The van der Waals surface area contributed by atoms with Crippen LogP contribution in [0, 0.1) is 0 Å². The highest BCUT2D eigenvalue weighted by Gasteiger charge is 2.05. The molecule has 0 N–H and O–H groups in total. The van der Waals surface area contributed by atoms with Crippen LogP contribution in [0.3, 0.4) is 0 Å². The van der Waals surface area contributed by atoms with Gasteiger partial charge in [0.25, 0.3) is 0 Å². The lowest BCUT2D eigenvalue weighted by Gasteiger charge is -2.04. The van der Waals surface area contributed by atoms with Crippen molar-refractivity contribution in [3.05, 3.63) is 0 Å². The van der Waals surface area contributed by atoms with Crippen LogP contribution in [0.4, 0.5) is 4.79 Å². The van der Waals surface area contributed by atoms with E-state index in [2.05, 4.69) is 28.8 Å². The van der Waals surface area contributed by atoms with Crippen LogP contribution in [0.25, 0.3) is 0 Å². The van der Waals surface area contributed by atoms with Crippen molar-refractivity contribution < 1.29 is 29.4 Å². The quantitative estimate of drug-likeness (QED) is 0.0800. The van der Waals surface area contributed by atoms with E-state index in [1.54, 1.807) is 0 Å². The highest BCUT2D eigenvalue weighted by molar-refractivity contribution is 5.58. The van der Waals surface area contributed by atoms with Crippen molar-refractivity contribution >= 4 is 6.16 Å². The van der Waals surface area contributed by atoms with Crippen molar-refractivity contribution in [3.63, 3.8) is 0 Å². The van der Waals surface area contributed by atoms with Crippen molar-refractivity contribution in [2.24, 2.45) is 0 Å². The van der Waals surface area contributed by atoms with Gasteiger partial charge in [-0.2, -0.15) is 0 Å². The van der Waals surface area contributed by atoms with Gasteiger partial charge in [-0.15, -0.1) is 0 Å². The average Bonchev–Trinajstić information content (AvgIpc) is 2.70. The molecule has 168 valence electrons. The van der Waals surface area contributed by atoms with Crippen molar-refractivity contribution in [1.29, 1.82) is 0 Å². The fraction of sp³-hybridized carbons (Fsp3) is 0.955. The van der Waals surface area contributed by atoms with Crippen LogP contribution in [0.15, 0.2) is 0 Å². The molecule has 0 bridgehead atoms. The minimum absolute atomic E-state index is 0.321. The van der Waals surface area contributed by atoms with Crippen LogP contribution >= 0.6 is 0 Å². The summed E-state index contributed by atoms with van der Waals surface area (Å²) in [6.45, 7) is 5.12. The number of ether oxygens (including phenoxy) is 1. The molecule has 6 nitrogen and oxygen atoms in total. The van der Waals surface area contributed by atoms with Gasteiger partial charge in [0, 0.05) is 5.04 Å². The molecule has 0 heterocycles. The van der Waals surface area contributed by atoms with Gasteiger partial charge in [0.1, 0.15) is 0 Å². The maximum atomic E-state index is 11.1. The third kappa shape index (κ3) is 23.2. The highest BCUT2D eigenvalue weighted by atomic mass is 17.7. The van der Waals surface area contributed by atoms with Crippen molar-refractivity contribution in [1.82, 2.24) is 0 Å². The standard InChI is InChI=1S/C22H44O6/c1-3-5-7-9-10-11-12-13-14-15-16-17-19-21-25-27-28-26-22(23)24-20-18-8-6-4-2/h3-21H2,1-2H3. The first-order chi connectivity index (χ1) is 13.8. The van der Waals surface area contributed by atoms with Gasteiger partial charge in [-0.1, -0.05) is 110 Å². The minimum atomic E-state index is -0.916. The van der Waals surface area contributed by atoms with Gasteiger partial charge in [-0.05, 0) is 17.9 Å². The highest BCUT2D eigenvalue weighted by Crippen LogP contribution is 2.12. The summed E-state index contributed by atoms with van der Waals surface area (Å²) in [5, 5.41) is 8.52. The van der Waals surface area contributed by atoms with Crippen LogP contribution in [0.2, 0.25) is 0 Å². The minimum Gasteiger partial charge on any atom is -0.432 e. The van der Waals surface area contributed by atoms with E-state index < -0.39 is 6.16 Å². The second kappa shape index (κ2) is 24.2. The molecule has 28 heavy (non-hydrogen) atoms. The van der Waals surface area contributed by atoms with Gasteiger partial charge in [-0.25, -0.2) is 14.6 Å². The van der Waals surface area contributed by atoms with Gasteiger partial charge in [-0.3, -0.25) is 0 Å². The van der Waals surface area contributed by atoms with Gasteiger partial charge in [0.15, 0.2) is 0 Å². The summed E-state index contributed by atoms with van der Waals surface area (Å²) in [6, 6.07) is 0.